The third-order valence-corrected chi connectivity index (χ3v) is 6.07. The maximum absolute atomic E-state index is 13.3. The second-order valence-electron chi connectivity index (χ2n) is 8.22. The highest BCUT2D eigenvalue weighted by Gasteiger charge is 2.33. The molecule has 2 aliphatic heterocycles. The van der Waals surface area contributed by atoms with Crippen LogP contribution >= 0.6 is 0 Å². The Labute approximate surface area is 182 Å². The largest absolute Gasteiger partial charge is 0.457 e. The number of hydrogen-bond acceptors (Lipinski definition) is 3. The lowest BCUT2D eigenvalue weighted by molar-refractivity contribution is -0.925. The molecule has 1 saturated heterocycles. The van der Waals surface area contributed by atoms with Crippen LogP contribution in [-0.4, -0.2) is 38.3 Å². The fourth-order valence-corrected chi connectivity index (χ4v) is 4.54. The van der Waals surface area contributed by atoms with Gasteiger partial charge in [-0.1, -0.05) is 66.7 Å². The Hall–Kier alpha value is -3.15. The van der Waals surface area contributed by atoms with Gasteiger partial charge >= 0.3 is 0 Å². The quantitative estimate of drug-likeness (QED) is 0.673. The number of ether oxygens (including phenoxy) is 2. The first kappa shape index (κ1) is 19.8. The van der Waals surface area contributed by atoms with E-state index in [0.717, 1.165) is 42.3 Å². The molecule has 3 aromatic rings. The summed E-state index contributed by atoms with van der Waals surface area (Å²) in [6.45, 7) is 4.08. The number of benzene rings is 3. The van der Waals surface area contributed by atoms with Crippen molar-refractivity contribution >= 4 is 5.91 Å². The standard InChI is InChI=1S/C26H26N2O3/c29-26(25-21-10-4-6-12-23(21)31-24-13-7-5-11-22(24)25)27-16-20-18-28(14-15-30-20)17-19-8-2-1-3-9-19/h1-13,20,25H,14-18H2,(H,27,29)/p+1/t20-/m0/s1. The lowest BCUT2D eigenvalue weighted by Gasteiger charge is -2.31. The minimum atomic E-state index is -0.377. The summed E-state index contributed by atoms with van der Waals surface area (Å²) in [5.41, 5.74) is 3.14. The maximum atomic E-state index is 13.3. The molecular weight excluding hydrogens is 388 g/mol. The second kappa shape index (κ2) is 8.92. The second-order valence-corrected chi connectivity index (χ2v) is 8.22. The molecule has 0 saturated carbocycles. The molecule has 0 bridgehead atoms. The number of amides is 1. The molecule has 158 valence electrons. The summed E-state index contributed by atoms with van der Waals surface area (Å²) >= 11 is 0. The van der Waals surface area contributed by atoms with Crippen molar-refractivity contribution in [2.24, 2.45) is 0 Å². The number of carbonyl (C=O) groups excluding carboxylic acids is 1. The Bertz CT molecular complexity index is 1010. The summed E-state index contributed by atoms with van der Waals surface area (Å²) in [6.07, 6.45) is 0.0155. The molecule has 5 heteroatoms. The molecule has 2 N–H and O–H groups in total. The van der Waals surface area contributed by atoms with Gasteiger partial charge in [0.05, 0.1) is 12.5 Å². The Kier molecular flexibility index (Phi) is 5.69. The highest BCUT2D eigenvalue weighted by Crippen LogP contribution is 2.43. The van der Waals surface area contributed by atoms with E-state index in [2.05, 4.69) is 29.6 Å². The van der Waals surface area contributed by atoms with Crippen molar-refractivity contribution in [3.05, 3.63) is 95.6 Å². The van der Waals surface area contributed by atoms with Gasteiger partial charge in [0, 0.05) is 23.2 Å². The molecule has 0 spiro atoms. The van der Waals surface area contributed by atoms with Crippen LogP contribution in [-0.2, 0) is 16.1 Å². The number of morpholine rings is 1. The van der Waals surface area contributed by atoms with Gasteiger partial charge < -0.3 is 19.7 Å². The number of para-hydroxylation sites is 2. The fourth-order valence-electron chi connectivity index (χ4n) is 4.54. The Balaban J connectivity index is 1.26. The fraction of sp³-hybridized carbons (Fsp3) is 0.269. The number of quaternary nitrogens is 1. The van der Waals surface area contributed by atoms with Crippen LogP contribution < -0.4 is 15.0 Å². The van der Waals surface area contributed by atoms with Crippen LogP contribution in [0.4, 0.5) is 0 Å². The smallest absolute Gasteiger partial charge is 0.232 e. The van der Waals surface area contributed by atoms with Gasteiger partial charge in [0.15, 0.2) is 0 Å². The zero-order valence-electron chi connectivity index (χ0n) is 17.4. The summed E-state index contributed by atoms with van der Waals surface area (Å²) in [4.78, 5) is 14.8. The predicted octanol–water partition coefficient (Wildman–Crippen LogP) is 2.52. The normalized spacial score (nSPS) is 20.3. The summed E-state index contributed by atoms with van der Waals surface area (Å²) in [6, 6.07) is 26.1. The summed E-state index contributed by atoms with van der Waals surface area (Å²) in [5.74, 6) is 1.10. The van der Waals surface area contributed by atoms with Gasteiger partial charge in [0.25, 0.3) is 0 Å². The van der Waals surface area contributed by atoms with Crippen LogP contribution in [0.2, 0.25) is 0 Å². The molecular formula is C26H27N2O3+. The van der Waals surface area contributed by atoms with Crippen molar-refractivity contribution in [2.75, 3.05) is 26.2 Å². The van der Waals surface area contributed by atoms with Crippen molar-refractivity contribution in [1.29, 1.82) is 0 Å². The van der Waals surface area contributed by atoms with Crippen molar-refractivity contribution in [1.82, 2.24) is 5.32 Å². The van der Waals surface area contributed by atoms with Gasteiger partial charge in [-0.05, 0) is 12.1 Å². The molecule has 31 heavy (non-hydrogen) atoms. The minimum absolute atomic E-state index is 0.0121. The van der Waals surface area contributed by atoms with Gasteiger partial charge in [-0.15, -0.1) is 0 Å². The maximum Gasteiger partial charge on any atom is 0.232 e. The monoisotopic (exact) mass is 415 g/mol. The average Bonchev–Trinajstić information content (AvgIpc) is 2.82. The van der Waals surface area contributed by atoms with Gasteiger partial charge in [-0.25, -0.2) is 0 Å². The minimum Gasteiger partial charge on any atom is -0.457 e. The summed E-state index contributed by atoms with van der Waals surface area (Å²) in [5, 5.41) is 3.16. The Morgan fingerprint density at radius 3 is 2.26 bits per heavy atom. The molecule has 2 heterocycles. The molecule has 2 aliphatic rings. The molecule has 2 atom stereocenters. The molecule has 5 rings (SSSR count). The zero-order chi connectivity index (χ0) is 21.0. The van der Waals surface area contributed by atoms with Gasteiger partial charge in [-0.2, -0.15) is 0 Å². The van der Waals surface area contributed by atoms with E-state index in [4.69, 9.17) is 9.47 Å². The average molecular weight is 416 g/mol. The lowest BCUT2D eigenvalue weighted by Crippen LogP contribution is -3.13. The van der Waals surface area contributed by atoms with Crippen LogP contribution in [0.15, 0.2) is 78.9 Å². The first-order valence-electron chi connectivity index (χ1n) is 10.9. The molecule has 0 radical (unpaired) electrons. The van der Waals surface area contributed by atoms with E-state index < -0.39 is 0 Å². The van der Waals surface area contributed by atoms with E-state index in [9.17, 15) is 4.79 Å². The first-order valence-corrected chi connectivity index (χ1v) is 10.9. The van der Waals surface area contributed by atoms with Crippen molar-refractivity contribution < 1.29 is 19.2 Å². The van der Waals surface area contributed by atoms with E-state index in [1.54, 1.807) is 0 Å². The van der Waals surface area contributed by atoms with Crippen LogP contribution in [0, 0.1) is 0 Å². The van der Waals surface area contributed by atoms with Gasteiger partial charge in [0.2, 0.25) is 5.91 Å². The van der Waals surface area contributed by atoms with E-state index >= 15 is 0 Å². The van der Waals surface area contributed by atoms with Gasteiger partial charge in [0.1, 0.15) is 37.2 Å². The van der Waals surface area contributed by atoms with Gasteiger partial charge in [-0.3, -0.25) is 4.79 Å². The van der Waals surface area contributed by atoms with E-state index in [0.29, 0.717) is 13.2 Å². The Morgan fingerprint density at radius 2 is 1.55 bits per heavy atom. The highest BCUT2D eigenvalue weighted by molar-refractivity contribution is 5.89. The zero-order valence-corrected chi connectivity index (χ0v) is 17.4. The summed E-state index contributed by atoms with van der Waals surface area (Å²) in [7, 11) is 0. The SMILES string of the molecule is O=C(NC[C@H]1C[NH+](Cc2ccccc2)CCO1)C1c2ccccc2Oc2ccccc21. The molecule has 5 nitrogen and oxygen atoms in total. The van der Waals surface area contributed by atoms with Crippen LogP contribution in [0.3, 0.4) is 0 Å². The van der Waals surface area contributed by atoms with E-state index in [-0.39, 0.29) is 17.9 Å². The molecule has 1 unspecified atom stereocenters. The topological polar surface area (TPSA) is 52.0 Å². The Morgan fingerprint density at radius 1 is 0.903 bits per heavy atom. The highest BCUT2D eigenvalue weighted by atomic mass is 16.5. The number of carbonyl (C=O) groups is 1. The number of nitrogens with one attached hydrogen (secondary N) is 2. The summed E-state index contributed by atoms with van der Waals surface area (Å²) < 4.78 is 12.0. The lowest BCUT2D eigenvalue weighted by atomic mass is 9.87. The van der Waals surface area contributed by atoms with Crippen LogP contribution in [0.5, 0.6) is 11.5 Å². The third-order valence-electron chi connectivity index (χ3n) is 6.07. The number of rotatable bonds is 5. The molecule has 3 aromatic carbocycles. The molecule has 1 amide bonds. The van der Waals surface area contributed by atoms with Crippen molar-refractivity contribution in [3.8, 4) is 11.5 Å². The van der Waals surface area contributed by atoms with Crippen LogP contribution in [0.25, 0.3) is 0 Å². The number of fused-ring (bicyclic) bond motifs is 2. The third kappa shape index (κ3) is 4.33. The first-order chi connectivity index (χ1) is 15.3. The molecule has 0 aliphatic carbocycles. The van der Waals surface area contributed by atoms with Crippen molar-refractivity contribution in [3.63, 3.8) is 0 Å². The van der Waals surface area contributed by atoms with Crippen molar-refractivity contribution in [2.45, 2.75) is 18.6 Å². The van der Waals surface area contributed by atoms with E-state index in [1.165, 1.54) is 10.5 Å². The van der Waals surface area contributed by atoms with Crippen LogP contribution in [0.1, 0.15) is 22.6 Å². The van der Waals surface area contributed by atoms with E-state index in [1.807, 2.05) is 54.6 Å². The number of hydrogen-bond donors (Lipinski definition) is 2. The molecule has 1 fully saturated rings. The molecule has 0 aromatic heterocycles. The predicted molar refractivity (Wildman–Crippen MR) is 118 cm³/mol.